The van der Waals surface area contributed by atoms with E-state index in [-0.39, 0.29) is 6.10 Å². The average molecular weight is 549 g/mol. The molecule has 0 rings (SSSR count). The third-order valence-electron chi connectivity index (χ3n) is 8.94. The zero-order chi connectivity index (χ0) is 28.5. The lowest BCUT2D eigenvalue weighted by Gasteiger charge is -2.11. The maximum Gasteiger partial charge on any atom is 0.0540 e. The van der Waals surface area contributed by atoms with Crippen LogP contribution in [0.25, 0.3) is 0 Å². The van der Waals surface area contributed by atoms with Crippen molar-refractivity contribution in [1.82, 2.24) is 0 Å². The number of aliphatic hydroxyl groups excluding tert-OH is 1. The molecule has 1 nitrogen and oxygen atoms in total. The highest BCUT2D eigenvalue weighted by atomic mass is 16.3. The summed E-state index contributed by atoms with van der Waals surface area (Å²) >= 11 is 0. The first kappa shape index (κ1) is 38.7. The van der Waals surface area contributed by atoms with E-state index in [2.05, 4.69) is 20.4 Å². The molecule has 0 spiro atoms. The second-order valence-corrected chi connectivity index (χ2v) is 13.2. The van der Waals surface area contributed by atoms with Crippen LogP contribution in [-0.4, -0.2) is 11.2 Å². The van der Waals surface area contributed by atoms with Crippen LogP contribution in [0.5, 0.6) is 0 Å². The van der Waals surface area contributed by atoms with E-state index in [0.717, 1.165) is 25.2 Å². The Balaban J connectivity index is 3.13. The molecule has 0 aliphatic carbocycles. The molecule has 0 heterocycles. The highest BCUT2D eigenvalue weighted by Crippen LogP contribution is 2.18. The first-order valence-electron chi connectivity index (χ1n) is 18.5. The van der Waals surface area contributed by atoms with Crippen molar-refractivity contribution in [3.05, 3.63) is 12.7 Å². The fraction of sp³-hybridized carbons (Fsp3) is 0.947. The minimum absolute atomic E-state index is 0.0554. The minimum atomic E-state index is -0.0554. The van der Waals surface area contributed by atoms with E-state index >= 15 is 0 Å². The summed E-state index contributed by atoms with van der Waals surface area (Å²) in [4.78, 5) is 0. The van der Waals surface area contributed by atoms with Crippen molar-refractivity contribution in [3.8, 4) is 0 Å². The van der Waals surface area contributed by atoms with Crippen LogP contribution in [0.1, 0.15) is 219 Å². The van der Waals surface area contributed by atoms with Gasteiger partial charge in [0.1, 0.15) is 0 Å². The molecule has 0 aliphatic heterocycles. The lowest BCUT2D eigenvalue weighted by Crippen LogP contribution is -2.06. The van der Waals surface area contributed by atoms with Crippen molar-refractivity contribution in [2.45, 2.75) is 225 Å². The summed E-state index contributed by atoms with van der Waals surface area (Å²) in [6.45, 7) is 8.45. The molecule has 1 N–H and O–H groups in total. The number of hydrogen-bond acceptors (Lipinski definition) is 1. The normalized spacial score (nSPS) is 13.1. The van der Waals surface area contributed by atoms with Crippen molar-refractivity contribution in [2.75, 3.05) is 0 Å². The van der Waals surface area contributed by atoms with Crippen molar-refractivity contribution in [1.29, 1.82) is 0 Å². The van der Waals surface area contributed by atoms with Gasteiger partial charge in [0.25, 0.3) is 0 Å². The Kier molecular flexibility index (Phi) is 33.6. The van der Waals surface area contributed by atoms with E-state index < -0.39 is 0 Å². The summed E-state index contributed by atoms with van der Waals surface area (Å²) in [5, 5.41) is 10.2. The molecule has 39 heavy (non-hydrogen) atoms. The Morgan fingerprint density at radius 1 is 0.436 bits per heavy atom. The smallest absolute Gasteiger partial charge is 0.0540 e. The second-order valence-electron chi connectivity index (χ2n) is 13.2. The highest BCUT2D eigenvalue weighted by molar-refractivity contribution is 4.70. The van der Waals surface area contributed by atoms with Crippen molar-refractivity contribution < 1.29 is 5.11 Å². The molecule has 0 aromatic heterocycles. The van der Waals surface area contributed by atoms with Crippen LogP contribution in [0, 0.1) is 5.92 Å². The van der Waals surface area contributed by atoms with Crippen molar-refractivity contribution >= 4 is 0 Å². The van der Waals surface area contributed by atoms with Crippen molar-refractivity contribution in [2.24, 2.45) is 5.92 Å². The van der Waals surface area contributed by atoms with Gasteiger partial charge in [-0.25, -0.2) is 0 Å². The van der Waals surface area contributed by atoms with Crippen molar-refractivity contribution in [3.63, 3.8) is 0 Å². The average Bonchev–Trinajstić information content (AvgIpc) is 2.93. The van der Waals surface area contributed by atoms with Gasteiger partial charge >= 0.3 is 0 Å². The van der Waals surface area contributed by atoms with Gasteiger partial charge in [-0.2, -0.15) is 0 Å². The van der Waals surface area contributed by atoms with Gasteiger partial charge in [-0.1, -0.05) is 206 Å². The Bertz CT molecular complexity index is 444. The highest BCUT2D eigenvalue weighted by Gasteiger charge is 2.05. The molecule has 0 aliphatic rings. The van der Waals surface area contributed by atoms with E-state index in [0.29, 0.717) is 0 Å². The minimum Gasteiger partial charge on any atom is -0.393 e. The van der Waals surface area contributed by atoms with Crippen LogP contribution in [-0.2, 0) is 0 Å². The third kappa shape index (κ3) is 33.8. The van der Waals surface area contributed by atoms with E-state index in [4.69, 9.17) is 0 Å². The lowest BCUT2D eigenvalue weighted by atomic mass is 9.98. The number of rotatable bonds is 34. The largest absolute Gasteiger partial charge is 0.393 e. The predicted molar refractivity (Wildman–Crippen MR) is 179 cm³/mol. The first-order valence-corrected chi connectivity index (χ1v) is 18.5. The predicted octanol–water partition coefficient (Wildman–Crippen LogP) is 13.7. The molecule has 2 unspecified atom stereocenters. The Hall–Kier alpha value is -0.300. The van der Waals surface area contributed by atoms with Gasteiger partial charge in [0.15, 0.2) is 0 Å². The second kappa shape index (κ2) is 33.9. The molecule has 0 amide bonds. The zero-order valence-corrected chi connectivity index (χ0v) is 27.5. The van der Waals surface area contributed by atoms with E-state index in [9.17, 15) is 5.11 Å². The van der Waals surface area contributed by atoms with Gasteiger partial charge in [-0.05, 0) is 25.2 Å². The number of hydrogen-bond donors (Lipinski definition) is 1. The van der Waals surface area contributed by atoms with E-state index in [1.807, 2.05) is 6.08 Å². The fourth-order valence-corrected chi connectivity index (χ4v) is 6.12. The molecule has 0 bridgehead atoms. The summed E-state index contributed by atoms with van der Waals surface area (Å²) in [7, 11) is 0. The van der Waals surface area contributed by atoms with Gasteiger partial charge in [-0.3, -0.25) is 0 Å². The van der Waals surface area contributed by atoms with E-state index in [1.54, 1.807) is 0 Å². The van der Waals surface area contributed by atoms with Gasteiger partial charge in [-0.15, -0.1) is 6.58 Å². The maximum atomic E-state index is 10.2. The molecule has 0 aromatic rings. The van der Waals surface area contributed by atoms with Crippen LogP contribution >= 0.6 is 0 Å². The lowest BCUT2D eigenvalue weighted by molar-refractivity contribution is 0.147. The van der Waals surface area contributed by atoms with Crippen LogP contribution in [0.3, 0.4) is 0 Å². The molecule has 234 valence electrons. The van der Waals surface area contributed by atoms with Gasteiger partial charge in [0.05, 0.1) is 6.10 Å². The monoisotopic (exact) mass is 549 g/mol. The number of unbranched alkanes of at least 4 members (excludes halogenated alkanes) is 26. The summed E-state index contributed by atoms with van der Waals surface area (Å²) in [5.74, 6) is 0.774. The molecule has 0 radical (unpaired) electrons. The fourth-order valence-electron chi connectivity index (χ4n) is 6.12. The molecule has 0 fully saturated rings. The molecule has 0 aromatic carbocycles. The Morgan fingerprint density at radius 3 is 1.00 bits per heavy atom. The topological polar surface area (TPSA) is 20.2 Å². The molecule has 0 saturated heterocycles. The summed E-state index contributed by atoms with van der Waals surface area (Å²) in [5.41, 5.74) is 0. The number of allylic oxidation sites excluding steroid dienone is 1. The summed E-state index contributed by atoms with van der Waals surface area (Å²) in [6.07, 6.45) is 46.2. The van der Waals surface area contributed by atoms with Crippen LogP contribution < -0.4 is 0 Å². The standard InChI is InChI=1S/C38H76O/c1-4-6-7-8-9-10-11-12-13-14-15-16-17-18-19-20-21-22-23-24-25-26-27-28-31-35-38(39)36-32-29-30-34-37(3)33-5-2/h5,37-39H,2,4,6-36H2,1,3H3. The summed E-state index contributed by atoms with van der Waals surface area (Å²) < 4.78 is 0. The van der Waals surface area contributed by atoms with Crippen LogP contribution in [0.15, 0.2) is 12.7 Å². The van der Waals surface area contributed by atoms with E-state index in [1.165, 1.54) is 186 Å². The molecule has 1 heteroatoms. The first-order chi connectivity index (χ1) is 19.2. The Morgan fingerprint density at radius 2 is 0.692 bits per heavy atom. The Labute approximate surface area is 248 Å². The molecule has 0 saturated carbocycles. The van der Waals surface area contributed by atoms with Crippen LogP contribution in [0.4, 0.5) is 0 Å². The quantitative estimate of drug-likeness (QED) is 0.0626. The van der Waals surface area contributed by atoms with Crippen LogP contribution in [0.2, 0.25) is 0 Å². The number of aliphatic hydroxyl groups is 1. The molecule has 2 atom stereocenters. The third-order valence-corrected chi connectivity index (χ3v) is 8.94. The molecular formula is C38H76O. The molecular weight excluding hydrogens is 472 g/mol. The van der Waals surface area contributed by atoms with Gasteiger partial charge < -0.3 is 5.11 Å². The van der Waals surface area contributed by atoms with Gasteiger partial charge in [0.2, 0.25) is 0 Å². The van der Waals surface area contributed by atoms with Gasteiger partial charge in [0, 0.05) is 0 Å². The SMILES string of the molecule is C=CCC(C)CCCCCC(O)CCCCCCCCCCCCCCCCCCCCCCCCCCC. The zero-order valence-electron chi connectivity index (χ0n) is 27.5. The maximum absolute atomic E-state index is 10.2. The summed E-state index contributed by atoms with van der Waals surface area (Å²) in [6, 6.07) is 0.